The van der Waals surface area contributed by atoms with Crippen molar-refractivity contribution in [1.82, 2.24) is 4.72 Å². The molecule has 1 N–H and O–H groups in total. The van der Waals surface area contributed by atoms with Crippen LogP contribution in [0.5, 0.6) is 0 Å². The number of ether oxygens (including phenoxy) is 1. The maximum Gasteiger partial charge on any atom is 0.324 e. The highest BCUT2D eigenvalue weighted by atomic mass is 32.2. The van der Waals surface area contributed by atoms with Gasteiger partial charge in [-0.3, -0.25) is 4.79 Å². The molecule has 0 spiro atoms. The summed E-state index contributed by atoms with van der Waals surface area (Å²) in [6.07, 6.45) is 0. The first-order valence-electron chi connectivity index (χ1n) is 6.02. The van der Waals surface area contributed by atoms with Crippen molar-refractivity contribution < 1.29 is 22.3 Å². The van der Waals surface area contributed by atoms with Crippen LogP contribution in [0.2, 0.25) is 0 Å². The Labute approximate surface area is 118 Å². The number of carbonyl (C=O) groups is 1. The summed E-state index contributed by atoms with van der Waals surface area (Å²) in [4.78, 5) is 11.5. The quantitative estimate of drug-likeness (QED) is 0.861. The molecule has 0 unspecified atom stereocenters. The molecule has 0 fully saturated rings. The molecule has 1 rings (SSSR count). The van der Waals surface area contributed by atoms with E-state index in [2.05, 4.69) is 4.72 Å². The average molecular weight is 303 g/mol. The summed E-state index contributed by atoms with van der Waals surface area (Å²) in [7, 11) is -3.97. The maximum absolute atomic E-state index is 13.0. The third-order valence-electron chi connectivity index (χ3n) is 2.20. The van der Waals surface area contributed by atoms with Crippen LogP contribution < -0.4 is 4.72 Å². The molecule has 0 radical (unpaired) electrons. The molecule has 0 bridgehead atoms. The number of carbonyl (C=O) groups excluding carboxylic acids is 1. The number of hydrogen-bond donors (Lipinski definition) is 1. The molecule has 5 nitrogen and oxygen atoms in total. The van der Waals surface area contributed by atoms with Crippen LogP contribution in [0.15, 0.2) is 29.2 Å². The number of rotatable bonds is 4. The van der Waals surface area contributed by atoms with Gasteiger partial charge < -0.3 is 4.74 Å². The Kier molecular flexibility index (Phi) is 4.88. The minimum atomic E-state index is -3.97. The minimum absolute atomic E-state index is 0.243. The summed E-state index contributed by atoms with van der Waals surface area (Å²) in [6, 6.07) is 3.47. The molecule has 0 aromatic heterocycles. The van der Waals surface area contributed by atoms with Gasteiger partial charge in [0, 0.05) is 0 Å². The molecule has 20 heavy (non-hydrogen) atoms. The summed E-state index contributed by atoms with van der Waals surface area (Å²) >= 11 is 0. The second-order valence-electron chi connectivity index (χ2n) is 5.33. The number of nitrogens with one attached hydrogen (secondary N) is 1. The van der Waals surface area contributed by atoms with E-state index in [0.29, 0.717) is 0 Å². The highest BCUT2D eigenvalue weighted by Crippen LogP contribution is 2.13. The van der Waals surface area contributed by atoms with Gasteiger partial charge >= 0.3 is 5.97 Å². The van der Waals surface area contributed by atoms with Crippen molar-refractivity contribution in [2.75, 3.05) is 0 Å². The molecule has 1 aromatic rings. The molecule has 0 heterocycles. The van der Waals surface area contributed by atoms with Crippen LogP contribution in [0.3, 0.4) is 0 Å². The minimum Gasteiger partial charge on any atom is -0.459 e. The molecular formula is C13H18FNO4S. The third-order valence-corrected chi connectivity index (χ3v) is 3.74. The second kappa shape index (κ2) is 5.88. The van der Waals surface area contributed by atoms with E-state index >= 15 is 0 Å². The number of sulfonamides is 1. The first kappa shape index (κ1) is 16.6. The van der Waals surface area contributed by atoms with Crippen molar-refractivity contribution in [1.29, 1.82) is 0 Å². The molecular weight excluding hydrogens is 285 g/mol. The zero-order valence-corrected chi connectivity index (χ0v) is 12.6. The van der Waals surface area contributed by atoms with E-state index in [9.17, 15) is 17.6 Å². The number of esters is 1. The average Bonchev–Trinajstić information content (AvgIpc) is 2.26. The van der Waals surface area contributed by atoms with Gasteiger partial charge in [-0.15, -0.1) is 0 Å². The lowest BCUT2D eigenvalue weighted by molar-refractivity contribution is -0.156. The van der Waals surface area contributed by atoms with Crippen molar-refractivity contribution in [3.05, 3.63) is 30.1 Å². The molecule has 0 aliphatic rings. The molecule has 0 aliphatic carbocycles. The first-order chi connectivity index (χ1) is 9.01. The highest BCUT2D eigenvalue weighted by Gasteiger charge is 2.26. The lowest BCUT2D eigenvalue weighted by Gasteiger charge is -2.22. The predicted molar refractivity (Wildman–Crippen MR) is 72.0 cm³/mol. The molecule has 112 valence electrons. The van der Waals surface area contributed by atoms with Gasteiger partial charge in [0.2, 0.25) is 10.0 Å². The Morgan fingerprint density at radius 1 is 1.35 bits per heavy atom. The zero-order valence-electron chi connectivity index (χ0n) is 11.8. The number of halogens is 1. The fourth-order valence-electron chi connectivity index (χ4n) is 1.37. The Hall–Kier alpha value is -1.47. The van der Waals surface area contributed by atoms with Crippen LogP contribution in [-0.2, 0) is 19.6 Å². The Morgan fingerprint density at radius 3 is 2.45 bits per heavy atom. The van der Waals surface area contributed by atoms with E-state index in [1.54, 1.807) is 20.8 Å². The highest BCUT2D eigenvalue weighted by molar-refractivity contribution is 7.89. The summed E-state index contributed by atoms with van der Waals surface area (Å²) < 4.78 is 44.2. The summed E-state index contributed by atoms with van der Waals surface area (Å²) in [6.45, 7) is 6.40. The molecule has 0 aliphatic heterocycles. The van der Waals surface area contributed by atoms with E-state index < -0.39 is 33.5 Å². The first-order valence-corrected chi connectivity index (χ1v) is 7.50. The lowest BCUT2D eigenvalue weighted by Crippen LogP contribution is -2.42. The fourth-order valence-corrected chi connectivity index (χ4v) is 2.60. The topological polar surface area (TPSA) is 72.5 Å². The van der Waals surface area contributed by atoms with Crippen molar-refractivity contribution in [2.45, 2.75) is 44.2 Å². The van der Waals surface area contributed by atoms with Crippen molar-refractivity contribution >= 4 is 16.0 Å². The summed E-state index contributed by atoms with van der Waals surface area (Å²) in [5.74, 6) is -1.37. The van der Waals surface area contributed by atoms with Crippen LogP contribution in [0, 0.1) is 5.82 Å². The molecule has 1 aromatic carbocycles. The predicted octanol–water partition coefficient (Wildman–Crippen LogP) is 1.83. The van der Waals surface area contributed by atoms with Gasteiger partial charge in [-0.05, 0) is 45.9 Å². The largest absolute Gasteiger partial charge is 0.459 e. The molecule has 1 atom stereocenters. The Bertz CT molecular complexity index is 593. The van der Waals surface area contributed by atoms with Crippen molar-refractivity contribution in [3.8, 4) is 0 Å². The van der Waals surface area contributed by atoms with Gasteiger partial charge in [0.05, 0.1) is 4.90 Å². The Balaban J connectivity index is 2.84. The molecule has 0 amide bonds. The number of benzene rings is 1. The van der Waals surface area contributed by atoms with Crippen LogP contribution in [0.4, 0.5) is 4.39 Å². The van der Waals surface area contributed by atoms with E-state index in [0.717, 1.165) is 12.1 Å². The normalized spacial score (nSPS) is 13.8. The monoisotopic (exact) mass is 303 g/mol. The smallest absolute Gasteiger partial charge is 0.324 e. The van der Waals surface area contributed by atoms with E-state index in [1.165, 1.54) is 19.1 Å². The van der Waals surface area contributed by atoms with Crippen LogP contribution >= 0.6 is 0 Å². The Morgan fingerprint density at radius 2 is 1.95 bits per heavy atom. The van der Waals surface area contributed by atoms with Gasteiger partial charge in [0.1, 0.15) is 17.5 Å². The fraction of sp³-hybridized carbons (Fsp3) is 0.462. The lowest BCUT2D eigenvalue weighted by atomic mass is 10.2. The van der Waals surface area contributed by atoms with Gasteiger partial charge in [-0.1, -0.05) is 6.07 Å². The standard InChI is InChI=1S/C13H18FNO4S/c1-9(12(16)19-13(2,3)4)15-20(17,18)11-7-5-6-10(14)8-11/h5-9,15H,1-4H3/t9-/m0/s1. The summed E-state index contributed by atoms with van der Waals surface area (Å²) in [5, 5.41) is 0. The van der Waals surface area contributed by atoms with Gasteiger partial charge in [-0.2, -0.15) is 4.72 Å². The summed E-state index contributed by atoms with van der Waals surface area (Å²) in [5.41, 5.74) is -0.713. The zero-order chi connectivity index (χ0) is 15.6. The van der Waals surface area contributed by atoms with E-state index in [1.807, 2.05) is 0 Å². The second-order valence-corrected chi connectivity index (χ2v) is 7.05. The molecule has 0 saturated heterocycles. The van der Waals surface area contributed by atoms with Crippen molar-refractivity contribution in [3.63, 3.8) is 0 Å². The molecule has 0 saturated carbocycles. The van der Waals surface area contributed by atoms with Crippen LogP contribution in [-0.4, -0.2) is 26.0 Å². The van der Waals surface area contributed by atoms with Gasteiger partial charge in [0.25, 0.3) is 0 Å². The van der Waals surface area contributed by atoms with Gasteiger partial charge in [-0.25, -0.2) is 12.8 Å². The van der Waals surface area contributed by atoms with E-state index in [-0.39, 0.29) is 4.90 Å². The van der Waals surface area contributed by atoms with E-state index in [4.69, 9.17) is 4.74 Å². The van der Waals surface area contributed by atoms with Crippen LogP contribution in [0.1, 0.15) is 27.7 Å². The van der Waals surface area contributed by atoms with Crippen molar-refractivity contribution in [2.24, 2.45) is 0 Å². The number of hydrogen-bond acceptors (Lipinski definition) is 4. The molecule has 7 heteroatoms. The SMILES string of the molecule is C[C@H](NS(=O)(=O)c1cccc(F)c1)C(=O)OC(C)(C)C. The third kappa shape index (κ3) is 4.90. The maximum atomic E-state index is 13.0. The van der Waals surface area contributed by atoms with Crippen LogP contribution in [0.25, 0.3) is 0 Å². The van der Waals surface area contributed by atoms with Gasteiger partial charge in [0.15, 0.2) is 0 Å².